The molecule has 5 nitrogen and oxygen atoms in total. The van der Waals surface area contributed by atoms with E-state index in [0.717, 1.165) is 11.3 Å². The minimum atomic E-state index is -0.425. The fraction of sp³-hybridized carbons (Fsp3) is 0. The van der Waals surface area contributed by atoms with Crippen LogP contribution in [0.1, 0.15) is 0 Å². The van der Waals surface area contributed by atoms with E-state index in [0.29, 0.717) is 16.0 Å². The van der Waals surface area contributed by atoms with E-state index in [1.165, 1.54) is 21.1 Å². The van der Waals surface area contributed by atoms with Crippen molar-refractivity contribution in [3.05, 3.63) is 94.7 Å². The van der Waals surface area contributed by atoms with Crippen molar-refractivity contribution in [3.63, 3.8) is 0 Å². The lowest BCUT2D eigenvalue weighted by molar-refractivity contribution is 0.522. The highest BCUT2D eigenvalue weighted by Crippen LogP contribution is 2.31. The van der Waals surface area contributed by atoms with Crippen molar-refractivity contribution in [2.45, 2.75) is 9.79 Å². The first-order chi connectivity index (χ1) is 14.7. The van der Waals surface area contributed by atoms with Crippen molar-refractivity contribution < 1.29 is 4.42 Å². The van der Waals surface area contributed by atoms with Crippen molar-refractivity contribution in [1.29, 1.82) is 0 Å². The number of fused-ring (bicyclic) bond motifs is 1. The third-order valence-electron chi connectivity index (χ3n) is 4.38. The number of rotatable bonds is 5. The summed E-state index contributed by atoms with van der Waals surface area (Å²) in [5.74, 6) is 0. The minimum Gasteiger partial charge on any atom is -0.388 e. The Balaban J connectivity index is 1.34. The summed E-state index contributed by atoms with van der Waals surface area (Å²) in [4.78, 5) is 23.4. The van der Waals surface area contributed by atoms with Crippen LogP contribution in [0.3, 0.4) is 0 Å². The Hall–Kier alpha value is -3.42. The van der Waals surface area contributed by atoms with Crippen LogP contribution in [0.15, 0.2) is 103 Å². The first kappa shape index (κ1) is 18.6. The summed E-state index contributed by atoms with van der Waals surface area (Å²) in [6.45, 7) is 0. The fourth-order valence-corrected chi connectivity index (χ4v) is 4.49. The highest BCUT2D eigenvalue weighted by atomic mass is 32.2. The Morgan fingerprint density at radius 2 is 1.57 bits per heavy atom. The Morgan fingerprint density at radius 1 is 0.833 bits per heavy atom. The van der Waals surface area contributed by atoms with Gasteiger partial charge in [-0.25, -0.2) is 9.78 Å². The molecule has 2 heterocycles. The maximum Gasteiger partial charge on any atom is 0.348 e. The first-order valence-electron chi connectivity index (χ1n) is 9.20. The second-order valence-corrected chi connectivity index (χ2v) is 8.43. The van der Waals surface area contributed by atoms with Crippen molar-refractivity contribution in [2.24, 2.45) is 0 Å². The Labute approximate surface area is 180 Å². The number of benzene rings is 3. The highest BCUT2D eigenvalue weighted by Gasteiger charge is 2.10. The summed E-state index contributed by atoms with van der Waals surface area (Å²) in [7, 11) is 0. The minimum absolute atomic E-state index is 0.134. The number of thiazole rings is 1. The van der Waals surface area contributed by atoms with Gasteiger partial charge < -0.3 is 4.42 Å². The normalized spacial score (nSPS) is 10.9. The molecule has 0 amide bonds. The van der Waals surface area contributed by atoms with Crippen LogP contribution >= 0.6 is 23.1 Å². The van der Waals surface area contributed by atoms with Gasteiger partial charge in [0.2, 0.25) is 0 Å². The van der Waals surface area contributed by atoms with Crippen LogP contribution in [0.4, 0.5) is 11.1 Å². The zero-order chi connectivity index (χ0) is 20.3. The summed E-state index contributed by atoms with van der Waals surface area (Å²) in [5.41, 5.74) is 2.03. The van der Waals surface area contributed by atoms with Crippen LogP contribution in [0.2, 0.25) is 0 Å². The molecule has 146 valence electrons. The molecule has 5 rings (SSSR count). The molecule has 7 heteroatoms. The number of nitrogens with zero attached hydrogens (tertiary/aromatic N) is 2. The van der Waals surface area contributed by atoms with Gasteiger partial charge in [-0.3, -0.25) is 5.32 Å². The number of aromatic nitrogens is 2. The second kappa shape index (κ2) is 8.14. The molecule has 0 saturated carbocycles. The smallest absolute Gasteiger partial charge is 0.348 e. The predicted octanol–water partition coefficient (Wildman–Crippen LogP) is 6.21. The standard InChI is InChI=1S/C23H15N3O2S2/c27-21-18-8-4-5-9-19(18)24-22(28-21)26-23-25-20(14-29-23)15-10-12-17(13-11-15)30-16-6-2-1-3-7-16/h1-14H,(H,24,25,26). The van der Waals surface area contributed by atoms with E-state index in [2.05, 4.69) is 51.7 Å². The molecule has 2 aromatic heterocycles. The largest absolute Gasteiger partial charge is 0.388 e. The number of anilines is 2. The Morgan fingerprint density at radius 3 is 2.40 bits per heavy atom. The monoisotopic (exact) mass is 429 g/mol. The molecule has 1 N–H and O–H groups in total. The number of nitrogens with one attached hydrogen (secondary N) is 1. The van der Waals surface area contributed by atoms with Gasteiger partial charge in [-0.1, -0.05) is 54.2 Å². The summed E-state index contributed by atoms with van der Waals surface area (Å²) in [6.07, 6.45) is 0. The Bertz CT molecular complexity index is 1360. The molecule has 0 fully saturated rings. The molecule has 5 aromatic rings. The maximum absolute atomic E-state index is 12.1. The van der Waals surface area contributed by atoms with Crippen molar-refractivity contribution in [1.82, 2.24) is 9.97 Å². The molecular weight excluding hydrogens is 414 g/mol. The van der Waals surface area contributed by atoms with Crippen molar-refractivity contribution in [3.8, 4) is 11.3 Å². The summed E-state index contributed by atoms with van der Waals surface area (Å²) in [5, 5.41) is 6.02. The quantitative estimate of drug-likeness (QED) is 0.358. The van der Waals surface area contributed by atoms with Crippen LogP contribution < -0.4 is 10.9 Å². The predicted molar refractivity (Wildman–Crippen MR) is 122 cm³/mol. The van der Waals surface area contributed by atoms with Gasteiger partial charge in [0.15, 0.2) is 5.13 Å². The molecule has 0 bridgehead atoms. The third kappa shape index (κ3) is 3.98. The number of hydrogen-bond acceptors (Lipinski definition) is 7. The van der Waals surface area contributed by atoms with Crippen LogP contribution in [0.5, 0.6) is 0 Å². The second-order valence-electron chi connectivity index (χ2n) is 6.43. The lowest BCUT2D eigenvalue weighted by Gasteiger charge is -2.03. The van der Waals surface area contributed by atoms with Gasteiger partial charge in [0, 0.05) is 20.7 Å². The molecule has 3 aromatic carbocycles. The molecule has 0 aliphatic carbocycles. The van der Waals surface area contributed by atoms with Gasteiger partial charge in [0.25, 0.3) is 0 Å². The molecule has 0 atom stereocenters. The summed E-state index contributed by atoms with van der Waals surface area (Å²) in [6, 6.07) is 25.8. The summed E-state index contributed by atoms with van der Waals surface area (Å²) >= 11 is 3.15. The average Bonchev–Trinajstić information content (AvgIpc) is 3.23. The van der Waals surface area contributed by atoms with Crippen LogP contribution in [-0.2, 0) is 0 Å². The van der Waals surface area contributed by atoms with Crippen LogP contribution in [-0.4, -0.2) is 9.97 Å². The zero-order valence-electron chi connectivity index (χ0n) is 15.6. The van der Waals surface area contributed by atoms with E-state index in [1.807, 2.05) is 29.6 Å². The van der Waals surface area contributed by atoms with Gasteiger partial charge in [0.05, 0.1) is 16.6 Å². The van der Waals surface area contributed by atoms with Crippen molar-refractivity contribution >= 4 is 45.1 Å². The van der Waals surface area contributed by atoms with Crippen LogP contribution in [0.25, 0.3) is 22.2 Å². The van der Waals surface area contributed by atoms with Gasteiger partial charge in [-0.2, -0.15) is 4.98 Å². The number of para-hydroxylation sites is 1. The highest BCUT2D eigenvalue weighted by molar-refractivity contribution is 7.99. The maximum atomic E-state index is 12.1. The molecule has 0 radical (unpaired) electrons. The van der Waals surface area contributed by atoms with Gasteiger partial charge in [-0.05, 0) is 36.4 Å². The first-order valence-corrected chi connectivity index (χ1v) is 10.9. The molecule has 0 unspecified atom stereocenters. The molecule has 30 heavy (non-hydrogen) atoms. The average molecular weight is 430 g/mol. The van der Waals surface area contributed by atoms with Gasteiger partial charge in [0.1, 0.15) is 0 Å². The SMILES string of the molecule is O=c1oc(Nc2nc(-c3ccc(Sc4ccccc4)cc3)cs2)nc2ccccc12. The van der Waals surface area contributed by atoms with Crippen molar-refractivity contribution in [2.75, 3.05) is 5.32 Å². The van der Waals surface area contributed by atoms with Gasteiger partial charge >= 0.3 is 11.6 Å². The van der Waals surface area contributed by atoms with E-state index >= 15 is 0 Å². The molecule has 0 aliphatic rings. The van der Waals surface area contributed by atoms with E-state index in [4.69, 9.17) is 4.42 Å². The van der Waals surface area contributed by atoms with E-state index in [1.54, 1.807) is 30.0 Å². The zero-order valence-corrected chi connectivity index (χ0v) is 17.2. The van der Waals surface area contributed by atoms with E-state index < -0.39 is 5.63 Å². The topological polar surface area (TPSA) is 68.0 Å². The molecule has 0 saturated heterocycles. The number of hydrogen-bond donors (Lipinski definition) is 1. The Kier molecular flexibility index (Phi) is 5.04. The van der Waals surface area contributed by atoms with Gasteiger partial charge in [-0.15, -0.1) is 11.3 Å². The van der Waals surface area contributed by atoms with E-state index in [9.17, 15) is 4.79 Å². The lowest BCUT2D eigenvalue weighted by Crippen LogP contribution is -2.04. The van der Waals surface area contributed by atoms with Crippen LogP contribution in [0, 0.1) is 0 Å². The van der Waals surface area contributed by atoms with E-state index in [-0.39, 0.29) is 6.01 Å². The third-order valence-corrected chi connectivity index (χ3v) is 6.16. The summed E-state index contributed by atoms with van der Waals surface area (Å²) < 4.78 is 5.27. The molecular formula is C23H15N3O2S2. The molecule has 0 spiro atoms. The molecule has 0 aliphatic heterocycles. The lowest BCUT2D eigenvalue weighted by atomic mass is 10.2. The fourth-order valence-electron chi connectivity index (χ4n) is 2.95.